The molecule has 24 heavy (non-hydrogen) atoms. The van der Waals surface area contributed by atoms with Crippen molar-refractivity contribution in [2.45, 2.75) is 32.4 Å². The van der Waals surface area contributed by atoms with Crippen LogP contribution in [0.1, 0.15) is 25.3 Å². The molecule has 0 radical (unpaired) electrons. The lowest BCUT2D eigenvalue weighted by atomic mass is 9.92. The Morgan fingerprint density at radius 1 is 1.25 bits per heavy atom. The van der Waals surface area contributed by atoms with Gasteiger partial charge in [0, 0.05) is 18.5 Å². The highest BCUT2D eigenvalue weighted by atomic mass is 35.5. The van der Waals surface area contributed by atoms with E-state index < -0.39 is 0 Å². The zero-order valence-corrected chi connectivity index (χ0v) is 15.0. The summed E-state index contributed by atoms with van der Waals surface area (Å²) in [5.74, 6) is 1.17. The topological polar surface area (TPSA) is 50.4 Å². The molecule has 5 heteroatoms. The molecular formula is C19H25ClN2O2. The monoisotopic (exact) mass is 348 g/mol. The maximum absolute atomic E-state index is 12.3. The van der Waals surface area contributed by atoms with Crippen LogP contribution in [-0.4, -0.2) is 25.6 Å². The van der Waals surface area contributed by atoms with Gasteiger partial charge in [0.1, 0.15) is 5.75 Å². The van der Waals surface area contributed by atoms with Crippen molar-refractivity contribution in [3.63, 3.8) is 0 Å². The minimum atomic E-state index is 0. The molecule has 2 aromatic carbocycles. The highest BCUT2D eigenvalue weighted by Gasteiger charge is 2.24. The van der Waals surface area contributed by atoms with Crippen LogP contribution in [-0.2, 0) is 11.3 Å². The van der Waals surface area contributed by atoms with E-state index in [-0.39, 0.29) is 24.2 Å². The van der Waals surface area contributed by atoms with Gasteiger partial charge >= 0.3 is 0 Å². The fourth-order valence-electron chi connectivity index (χ4n) is 3.21. The van der Waals surface area contributed by atoms with Crippen LogP contribution in [0.15, 0.2) is 36.4 Å². The van der Waals surface area contributed by atoms with Gasteiger partial charge in [-0.05, 0) is 60.8 Å². The average Bonchev–Trinajstić information content (AvgIpc) is 2.59. The van der Waals surface area contributed by atoms with Gasteiger partial charge in [-0.25, -0.2) is 0 Å². The van der Waals surface area contributed by atoms with Crippen molar-refractivity contribution in [1.82, 2.24) is 10.6 Å². The van der Waals surface area contributed by atoms with E-state index in [0.717, 1.165) is 41.5 Å². The van der Waals surface area contributed by atoms with Crippen molar-refractivity contribution in [2.75, 3.05) is 13.7 Å². The van der Waals surface area contributed by atoms with Gasteiger partial charge in [-0.15, -0.1) is 12.4 Å². The summed E-state index contributed by atoms with van der Waals surface area (Å²) in [5.41, 5.74) is 1.12. The Balaban J connectivity index is 0.00000208. The maximum atomic E-state index is 12.3. The smallest absolute Gasteiger partial charge is 0.223 e. The summed E-state index contributed by atoms with van der Waals surface area (Å²) >= 11 is 0. The number of rotatable bonds is 4. The number of ether oxygens (including phenoxy) is 1. The fourth-order valence-corrected chi connectivity index (χ4v) is 3.21. The summed E-state index contributed by atoms with van der Waals surface area (Å²) in [6, 6.07) is 12.7. The van der Waals surface area contributed by atoms with Crippen LogP contribution in [0.2, 0.25) is 0 Å². The summed E-state index contributed by atoms with van der Waals surface area (Å²) in [6.45, 7) is 3.65. The van der Waals surface area contributed by atoms with Crippen LogP contribution in [0.3, 0.4) is 0 Å². The van der Waals surface area contributed by atoms with Crippen LogP contribution in [0.5, 0.6) is 5.75 Å². The number of halogens is 1. The van der Waals surface area contributed by atoms with Gasteiger partial charge in [0.05, 0.1) is 7.11 Å². The van der Waals surface area contributed by atoms with Crippen LogP contribution in [0.25, 0.3) is 10.8 Å². The molecule has 1 heterocycles. The summed E-state index contributed by atoms with van der Waals surface area (Å²) in [7, 11) is 1.67. The van der Waals surface area contributed by atoms with E-state index in [1.54, 1.807) is 7.11 Å². The van der Waals surface area contributed by atoms with E-state index in [9.17, 15) is 4.79 Å². The predicted octanol–water partition coefficient (Wildman–Crippen LogP) is 3.27. The number of hydrogen-bond donors (Lipinski definition) is 2. The van der Waals surface area contributed by atoms with Gasteiger partial charge in [-0.1, -0.05) is 18.2 Å². The number of carbonyl (C=O) groups is 1. The lowest BCUT2D eigenvalue weighted by molar-refractivity contribution is -0.126. The fraction of sp³-hybridized carbons (Fsp3) is 0.421. The average molecular weight is 349 g/mol. The summed E-state index contributed by atoms with van der Waals surface area (Å²) < 4.78 is 5.25. The zero-order valence-electron chi connectivity index (χ0n) is 14.2. The van der Waals surface area contributed by atoms with Gasteiger partial charge in [-0.3, -0.25) is 4.79 Å². The lowest BCUT2D eigenvalue weighted by Gasteiger charge is -2.27. The molecule has 2 aromatic rings. The molecule has 1 amide bonds. The second-order valence-electron chi connectivity index (χ2n) is 6.34. The molecule has 130 valence electrons. The number of amides is 1. The van der Waals surface area contributed by atoms with Crippen molar-refractivity contribution in [1.29, 1.82) is 0 Å². The van der Waals surface area contributed by atoms with E-state index in [0.29, 0.717) is 12.6 Å². The number of piperidine rings is 1. The second-order valence-corrected chi connectivity index (χ2v) is 6.34. The molecule has 1 aliphatic rings. The number of carbonyl (C=O) groups excluding carboxylic acids is 1. The van der Waals surface area contributed by atoms with Crippen molar-refractivity contribution in [3.8, 4) is 5.75 Å². The molecule has 1 aliphatic heterocycles. The van der Waals surface area contributed by atoms with Crippen LogP contribution in [0, 0.1) is 5.92 Å². The van der Waals surface area contributed by atoms with Gasteiger partial charge in [-0.2, -0.15) is 0 Å². The third kappa shape index (κ3) is 4.40. The van der Waals surface area contributed by atoms with Crippen molar-refractivity contribution in [3.05, 3.63) is 42.0 Å². The van der Waals surface area contributed by atoms with E-state index in [1.165, 1.54) is 0 Å². The lowest BCUT2D eigenvalue weighted by Crippen LogP contribution is -2.42. The van der Waals surface area contributed by atoms with Gasteiger partial charge in [0.15, 0.2) is 0 Å². The molecular weight excluding hydrogens is 324 g/mol. The second kappa shape index (κ2) is 8.36. The molecule has 2 N–H and O–H groups in total. The molecule has 2 atom stereocenters. The minimum absolute atomic E-state index is 0. The third-order valence-electron chi connectivity index (χ3n) is 4.57. The predicted molar refractivity (Wildman–Crippen MR) is 99.8 cm³/mol. The first kappa shape index (κ1) is 18.6. The maximum Gasteiger partial charge on any atom is 0.223 e. The van der Waals surface area contributed by atoms with E-state index in [2.05, 4.69) is 35.8 Å². The molecule has 1 fully saturated rings. The number of methoxy groups -OCH3 is 1. The van der Waals surface area contributed by atoms with Crippen LogP contribution in [0.4, 0.5) is 0 Å². The van der Waals surface area contributed by atoms with Crippen LogP contribution >= 0.6 is 12.4 Å². The Morgan fingerprint density at radius 2 is 2.00 bits per heavy atom. The Hall–Kier alpha value is -1.78. The molecule has 0 aromatic heterocycles. The molecule has 1 saturated heterocycles. The molecule has 0 unspecified atom stereocenters. The normalized spacial score (nSPS) is 20.2. The zero-order chi connectivity index (χ0) is 16.2. The first-order valence-electron chi connectivity index (χ1n) is 8.23. The molecule has 0 spiro atoms. The molecule has 0 saturated carbocycles. The number of nitrogens with one attached hydrogen (secondary N) is 2. The molecule has 3 rings (SSSR count). The van der Waals surface area contributed by atoms with Crippen molar-refractivity contribution >= 4 is 29.1 Å². The quantitative estimate of drug-likeness (QED) is 0.891. The summed E-state index contributed by atoms with van der Waals surface area (Å²) in [6.07, 6.45) is 1.84. The van der Waals surface area contributed by atoms with Gasteiger partial charge in [0.25, 0.3) is 0 Å². The van der Waals surface area contributed by atoms with Crippen molar-refractivity contribution in [2.24, 2.45) is 5.92 Å². The Kier molecular flexibility index (Phi) is 6.46. The molecule has 4 nitrogen and oxygen atoms in total. The third-order valence-corrected chi connectivity index (χ3v) is 4.57. The standard InChI is InChI=1S/C19H24N2O2.ClH/c1-13-9-17(7-8-20-13)19(22)21-12-14-3-4-16-11-18(23-2)6-5-15(16)10-14;/h3-6,10-11,13,17,20H,7-9,12H2,1-2H3,(H,21,22);1H/t13-,17-;/m0./s1. The summed E-state index contributed by atoms with van der Waals surface area (Å²) in [5, 5.41) is 8.77. The van der Waals surface area contributed by atoms with Crippen molar-refractivity contribution < 1.29 is 9.53 Å². The largest absolute Gasteiger partial charge is 0.497 e. The van der Waals surface area contributed by atoms with Crippen LogP contribution < -0.4 is 15.4 Å². The number of benzene rings is 2. The van der Waals surface area contributed by atoms with E-state index >= 15 is 0 Å². The first-order chi connectivity index (χ1) is 11.2. The van der Waals surface area contributed by atoms with E-state index in [4.69, 9.17) is 4.74 Å². The summed E-state index contributed by atoms with van der Waals surface area (Å²) in [4.78, 5) is 12.3. The molecule has 0 aliphatic carbocycles. The highest BCUT2D eigenvalue weighted by Crippen LogP contribution is 2.22. The van der Waals surface area contributed by atoms with Gasteiger partial charge in [0.2, 0.25) is 5.91 Å². The first-order valence-corrected chi connectivity index (χ1v) is 8.23. The van der Waals surface area contributed by atoms with Gasteiger partial charge < -0.3 is 15.4 Å². The van der Waals surface area contributed by atoms with E-state index in [1.807, 2.05) is 18.2 Å². The molecule has 0 bridgehead atoms. The number of fused-ring (bicyclic) bond motifs is 1. The Morgan fingerprint density at radius 3 is 2.75 bits per heavy atom. The number of hydrogen-bond acceptors (Lipinski definition) is 3. The Labute approximate surface area is 149 Å². The minimum Gasteiger partial charge on any atom is -0.497 e. The highest BCUT2D eigenvalue weighted by molar-refractivity contribution is 5.85. The Bertz CT molecular complexity index is 705. The SMILES string of the molecule is COc1ccc2cc(CNC(=O)[C@H]3CCN[C@@H](C)C3)ccc2c1.Cl.